The van der Waals surface area contributed by atoms with Crippen LogP contribution in [0.3, 0.4) is 0 Å². The fourth-order valence-corrected chi connectivity index (χ4v) is 3.04. The van der Waals surface area contributed by atoms with Crippen LogP contribution in [0, 0.1) is 0 Å². The Morgan fingerprint density at radius 1 is 1.08 bits per heavy atom. The quantitative estimate of drug-likeness (QED) is 0.387. The maximum Gasteiger partial charge on any atom is 0.247 e. The molecule has 0 spiro atoms. The molecule has 136 valence electrons. The maximum atomic E-state index is 12.3. The van der Waals surface area contributed by atoms with Gasteiger partial charge in [0.1, 0.15) is 10.7 Å². The number of anilines is 1. The number of hydrogen-bond acceptors (Lipinski definition) is 8. The van der Waals surface area contributed by atoms with Crippen molar-refractivity contribution in [2.45, 2.75) is 57.9 Å². The molecule has 0 aliphatic heterocycles. The van der Waals surface area contributed by atoms with E-state index in [0.29, 0.717) is 40.8 Å². The Kier molecular flexibility index (Phi) is 7.36. The fourth-order valence-electron chi connectivity index (χ4n) is 2.19. The number of carbonyl (C=O) groups excluding carboxylic acids is 1. The van der Waals surface area contributed by atoms with Gasteiger partial charge in [-0.15, -0.1) is 11.8 Å². The molecule has 2 rings (SSSR count). The van der Waals surface area contributed by atoms with Gasteiger partial charge in [-0.25, -0.2) is 9.97 Å². The van der Waals surface area contributed by atoms with Crippen molar-refractivity contribution in [2.75, 3.05) is 18.1 Å². The average molecular weight is 363 g/mol. The Bertz CT molecular complexity index is 739. The maximum absolute atomic E-state index is 12.3. The van der Waals surface area contributed by atoms with E-state index in [1.165, 1.54) is 11.8 Å². The van der Waals surface area contributed by atoms with Crippen molar-refractivity contribution in [1.29, 1.82) is 0 Å². The van der Waals surface area contributed by atoms with Crippen molar-refractivity contribution >= 4 is 34.7 Å². The zero-order valence-corrected chi connectivity index (χ0v) is 15.9. The molecule has 2 aromatic rings. The number of rotatable bonds is 10. The van der Waals surface area contributed by atoms with Gasteiger partial charge < -0.3 is 10.5 Å². The van der Waals surface area contributed by atoms with Crippen LogP contribution in [0.5, 0.6) is 5.88 Å². The predicted molar refractivity (Wildman–Crippen MR) is 100 cm³/mol. The standard InChI is InChI=1S/C17H25N5O2S/c1-4-7-8-9-24-15-13-14(21-17(18)22-15)20-16(25-10-5-2)12(19-13)11(23)6-3/h4-10H2,1-3H3,(H2,18,20,21,22). The number of carbonyl (C=O) groups is 1. The van der Waals surface area contributed by atoms with E-state index in [-0.39, 0.29) is 11.7 Å². The number of nitrogen functional groups attached to an aromatic ring is 1. The number of ketones is 1. The summed E-state index contributed by atoms with van der Waals surface area (Å²) in [6.07, 6.45) is 4.43. The number of nitrogens with two attached hydrogens (primary N) is 1. The molecule has 0 saturated carbocycles. The monoisotopic (exact) mass is 363 g/mol. The van der Waals surface area contributed by atoms with Crippen LogP contribution in [0.15, 0.2) is 5.03 Å². The molecule has 2 N–H and O–H groups in total. The lowest BCUT2D eigenvalue weighted by Crippen LogP contribution is -2.10. The van der Waals surface area contributed by atoms with Crippen LogP contribution in [0.2, 0.25) is 0 Å². The van der Waals surface area contributed by atoms with Gasteiger partial charge in [-0.05, 0) is 18.6 Å². The first-order chi connectivity index (χ1) is 12.1. The van der Waals surface area contributed by atoms with Crippen molar-refractivity contribution in [2.24, 2.45) is 0 Å². The molecule has 0 radical (unpaired) electrons. The molecule has 25 heavy (non-hydrogen) atoms. The highest BCUT2D eigenvalue weighted by atomic mass is 32.2. The summed E-state index contributed by atoms with van der Waals surface area (Å²) in [6.45, 7) is 6.53. The second-order valence-corrected chi connectivity index (χ2v) is 6.70. The van der Waals surface area contributed by atoms with E-state index in [1.54, 1.807) is 0 Å². The Labute approximate surface area is 152 Å². The first-order valence-corrected chi connectivity index (χ1v) is 9.73. The van der Waals surface area contributed by atoms with E-state index >= 15 is 0 Å². The molecule has 0 aromatic carbocycles. The molecule has 0 fully saturated rings. The average Bonchev–Trinajstić information content (AvgIpc) is 2.61. The summed E-state index contributed by atoms with van der Waals surface area (Å²) in [4.78, 5) is 29.6. The second kappa shape index (κ2) is 9.50. The molecule has 2 aromatic heterocycles. The molecule has 8 heteroatoms. The second-order valence-electron chi connectivity index (χ2n) is 5.62. The van der Waals surface area contributed by atoms with Gasteiger partial charge in [0.15, 0.2) is 16.9 Å². The van der Waals surface area contributed by atoms with E-state index in [9.17, 15) is 4.79 Å². The summed E-state index contributed by atoms with van der Waals surface area (Å²) in [6, 6.07) is 0. The smallest absolute Gasteiger partial charge is 0.247 e. The topological polar surface area (TPSA) is 104 Å². The van der Waals surface area contributed by atoms with E-state index in [1.807, 2.05) is 6.92 Å². The fraction of sp³-hybridized carbons (Fsp3) is 0.588. The van der Waals surface area contributed by atoms with Crippen molar-refractivity contribution < 1.29 is 9.53 Å². The minimum absolute atomic E-state index is 0.0539. The lowest BCUT2D eigenvalue weighted by molar-refractivity contribution is 0.0980. The first-order valence-electron chi connectivity index (χ1n) is 8.74. The van der Waals surface area contributed by atoms with Gasteiger partial charge >= 0.3 is 0 Å². The molecule has 0 aliphatic carbocycles. The largest absolute Gasteiger partial charge is 0.476 e. The van der Waals surface area contributed by atoms with Crippen LogP contribution in [-0.2, 0) is 0 Å². The Morgan fingerprint density at radius 2 is 1.88 bits per heavy atom. The van der Waals surface area contributed by atoms with E-state index in [4.69, 9.17) is 10.5 Å². The summed E-state index contributed by atoms with van der Waals surface area (Å²) in [5.41, 5.74) is 6.90. The van der Waals surface area contributed by atoms with Crippen LogP contribution < -0.4 is 10.5 Å². The van der Waals surface area contributed by atoms with Crippen molar-refractivity contribution in [3.63, 3.8) is 0 Å². The third-order valence-electron chi connectivity index (χ3n) is 3.50. The van der Waals surface area contributed by atoms with Gasteiger partial charge in [-0.3, -0.25) is 4.79 Å². The number of aromatic nitrogens is 4. The van der Waals surface area contributed by atoms with Gasteiger partial charge in [0, 0.05) is 6.42 Å². The predicted octanol–water partition coefficient (Wildman–Crippen LogP) is 3.67. The minimum Gasteiger partial charge on any atom is -0.476 e. The van der Waals surface area contributed by atoms with E-state index in [0.717, 1.165) is 31.4 Å². The van der Waals surface area contributed by atoms with Crippen LogP contribution in [0.4, 0.5) is 5.95 Å². The van der Waals surface area contributed by atoms with E-state index < -0.39 is 0 Å². The number of ether oxygens (including phenoxy) is 1. The molecule has 0 atom stereocenters. The molecular weight excluding hydrogens is 338 g/mol. The SMILES string of the molecule is CCCCCOc1nc(N)nc2nc(SCCC)c(C(=O)CC)nc12. The number of unbranched alkanes of at least 4 members (excludes halogenated alkanes) is 2. The Morgan fingerprint density at radius 3 is 2.56 bits per heavy atom. The van der Waals surface area contributed by atoms with E-state index in [2.05, 4.69) is 33.8 Å². The van der Waals surface area contributed by atoms with Gasteiger partial charge in [0.05, 0.1) is 6.61 Å². The molecule has 7 nitrogen and oxygen atoms in total. The van der Waals surface area contributed by atoms with Crippen LogP contribution in [-0.4, -0.2) is 38.1 Å². The normalized spacial score (nSPS) is 11.0. The third kappa shape index (κ3) is 5.01. The third-order valence-corrected chi connectivity index (χ3v) is 4.67. The lowest BCUT2D eigenvalue weighted by Gasteiger charge is -2.11. The summed E-state index contributed by atoms with van der Waals surface area (Å²) in [7, 11) is 0. The molecule has 0 unspecified atom stereocenters. The molecule has 0 saturated heterocycles. The molecule has 0 aliphatic rings. The molecule has 2 heterocycles. The lowest BCUT2D eigenvalue weighted by atomic mass is 10.2. The van der Waals surface area contributed by atoms with Gasteiger partial charge in [0.25, 0.3) is 0 Å². The van der Waals surface area contributed by atoms with Crippen molar-refractivity contribution in [3.05, 3.63) is 5.69 Å². The number of thioether (sulfide) groups is 1. The van der Waals surface area contributed by atoms with Crippen molar-refractivity contribution in [1.82, 2.24) is 19.9 Å². The van der Waals surface area contributed by atoms with Gasteiger partial charge in [-0.2, -0.15) is 9.97 Å². The zero-order valence-electron chi connectivity index (χ0n) is 15.0. The highest BCUT2D eigenvalue weighted by Gasteiger charge is 2.19. The number of Topliss-reactive ketones (excluding diaryl/α,β-unsaturated/α-hetero) is 1. The summed E-state index contributed by atoms with van der Waals surface area (Å²) >= 11 is 1.51. The van der Waals surface area contributed by atoms with Gasteiger partial charge in [0.2, 0.25) is 11.8 Å². The zero-order chi connectivity index (χ0) is 18.2. The number of fused-ring (bicyclic) bond motifs is 1. The van der Waals surface area contributed by atoms with Gasteiger partial charge in [-0.1, -0.05) is 33.6 Å². The first kappa shape index (κ1) is 19.4. The highest BCUT2D eigenvalue weighted by Crippen LogP contribution is 2.27. The van der Waals surface area contributed by atoms with Crippen molar-refractivity contribution in [3.8, 4) is 5.88 Å². The van der Waals surface area contributed by atoms with Crippen LogP contribution >= 0.6 is 11.8 Å². The Hall–Kier alpha value is -1.96. The molecule has 0 bridgehead atoms. The molecular formula is C17H25N5O2S. The highest BCUT2D eigenvalue weighted by molar-refractivity contribution is 7.99. The summed E-state index contributed by atoms with van der Waals surface area (Å²) < 4.78 is 5.74. The molecule has 0 amide bonds. The summed E-state index contributed by atoms with van der Waals surface area (Å²) in [5, 5.41) is 0.594. The van der Waals surface area contributed by atoms with Crippen LogP contribution in [0.25, 0.3) is 11.2 Å². The number of nitrogens with zero attached hydrogens (tertiary/aromatic N) is 4. The van der Waals surface area contributed by atoms with Crippen LogP contribution in [0.1, 0.15) is 63.4 Å². The number of hydrogen-bond donors (Lipinski definition) is 1. The summed E-state index contributed by atoms with van der Waals surface area (Å²) in [5.74, 6) is 1.18. The minimum atomic E-state index is -0.0539. The Balaban J connectivity index is 2.46.